The Morgan fingerprint density at radius 1 is 1.15 bits per heavy atom. The van der Waals surface area contributed by atoms with Gasteiger partial charge >= 0.3 is 0 Å². The molecular weight excluding hydrogens is 432 g/mol. The molecule has 0 bridgehead atoms. The lowest BCUT2D eigenvalue weighted by molar-refractivity contribution is -0.128. The van der Waals surface area contributed by atoms with E-state index in [1.165, 1.54) is 18.5 Å². The van der Waals surface area contributed by atoms with E-state index in [9.17, 15) is 4.79 Å². The first-order valence-corrected chi connectivity index (χ1v) is 12.3. The van der Waals surface area contributed by atoms with Crippen LogP contribution in [0.15, 0.2) is 36.4 Å². The summed E-state index contributed by atoms with van der Waals surface area (Å²) in [6.07, 6.45) is 3.13. The minimum absolute atomic E-state index is 0.0355. The number of hydrogen-bond acceptors (Lipinski definition) is 3. The molecule has 1 N–H and O–H groups in total. The number of aromatic nitrogens is 2. The third-order valence-electron chi connectivity index (χ3n) is 6.70. The zero-order valence-corrected chi connectivity index (χ0v) is 21.2. The van der Waals surface area contributed by atoms with Crippen LogP contribution in [-0.2, 0) is 24.8 Å². The van der Waals surface area contributed by atoms with Gasteiger partial charge in [0.25, 0.3) is 0 Å². The van der Waals surface area contributed by atoms with Crippen molar-refractivity contribution < 1.29 is 4.79 Å². The van der Waals surface area contributed by atoms with Crippen LogP contribution in [0.4, 0.5) is 5.69 Å². The Morgan fingerprint density at radius 2 is 1.88 bits per heavy atom. The van der Waals surface area contributed by atoms with E-state index in [-0.39, 0.29) is 5.91 Å². The fourth-order valence-electron chi connectivity index (χ4n) is 4.35. The Bertz CT molecular complexity index is 1150. The molecule has 0 unspecified atom stereocenters. The lowest BCUT2D eigenvalue weighted by atomic mass is 9.95. The number of carbonyl (C=O) groups excluding carboxylic acids is 1. The Morgan fingerprint density at radius 3 is 2.58 bits per heavy atom. The molecule has 0 radical (unpaired) electrons. The molecule has 4 rings (SSSR count). The molecule has 0 aliphatic carbocycles. The lowest BCUT2D eigenvalue weighted by Crippen LogP contribution is -2.34. The molecular formula is C27H35ClN4O. The summed E-state index contributed by atoms with van der Waals surface area (Å²) in [5.74, 6) is 1.83. The zero-order valence-electron chi connectivity index (χ0n) is 20.4. The molecule has 2 aromatic carbocycles. The largest absolute Gasteiger partial charge is 0.371 e. The second-order valence-electron chi connectivity index (χ2n) is 10.5. The van der Waals surface area contributed by atoms with E-state index in [0.717, 1.165) is 52.0 Å². The second kappa shape index (κ2) is 9.38. The quantitative estimate of drug-likeness (QED) is 0.523. The van der Waals surface area contributed by atoms with Gasteiger partial charge in [-0.25, -0.2) is 4.98 Å². The van der Waals surface area contributed by atoms with Crippen LogP contribution in [0.1, 0.15) is 57.5 Å². The van der Waals surface area contributed by atoms with Crippen molar-refractivity contribution in [3.63, 3.8) is 0 Å². The number of carbonyl (C=O) groups is 1. The SMILES string of the molecule is CC1CCN(c2ccc3c(c2)nc(Cc2cc(CNC(=O)C(C)(C)C)ccc2Cl)n3C)CC1. The molecule has 0 saturated carbocycles. The van der Waals surface area contributed by atoms with Crippen molar-refractivity contribution in [2.75, 3.05) is 18.0 Å². The highest BCUT2D eigenvalue weighted by molar-refractivity contribution is 6.31. The van der Waals surface area contributed by atoms with E-state index < -0.39 is 5.41 Å². The van der Waals surface area contributed by atoms with Crippen molar-refractivity contribution in [3.8, 4) is 0 Å². The van der Waals surface area contributed by atoms with Gasteiger partial charge in [0, 0.05) is 49.2 Å². The maximum absolute atomic E-state index is 12.2. The molecule has 3 aromatic rings. The summed E-state index contributed by atoms with van der Waals surface area (Å²) < 4.78 is 2.15. The summed E-state index contributed by atoms with van der Waals surface area (Å²) in [5, 5.41) is 3.73. The second-order valence-corrected chi connectivity index (χ2v) is 10.9. The van der Waals surface area contributed by atoms with E-state index in [1.807, 2.05) is 32.9 Å². The molecule has 0 spiro atoms. The predicted molar refractivity (Wildman–Crippen MR) is 137 cm³/mol. The van der Waals surface area contributed by atoms with Crippen LogP contribution < -0.4 is 10.2 Å². The highest BCUT2D eigenvalue weighted by Gasteiger charge is 2.21. The first-order valence-electron chi connectivity index (χ1n) is 11.9. The van der Waals surface area contributed by atoms with E-state index in [0.29, 0.717) is 13.0 Å². The number of anilines is 1. The van der Waals surface area contributed by atoms with Gasteiger partial charge in [-0.3, -0.25) is 4.79 Å². The standard InChI is InChI=1S/C27H35ClN4O/c1-18-10-12-32(13-11-18)21-7-9-24-23(16-21)30-25(31(24)5)15-20-14-19(6-8-22(20)28)17-29-26(33)27(2,3)4/h6-9,14,16,18H,10-13,15,17H2,1-5H3,(H,29,33). The number of aryl methyl sites for hydroxylation is 1. The number of halogens is 1. The minimum atomic E-state index is -0.409. The van der Waals surface area contributed by atoms with Crippen LogP contribution in [0.2, 0.25) is 5.02 Å². The molecule has 1 fully saturated rings. The van der Waals surface area contributed by atoms with Crippen LogP contribution in [0, 0.1) is 11.3 Å². The third kappa shape index (κ3) is 5.35. The molecule has 1 aromatic heterocycles. The fraction of sp³-hybridized carbons (Fsp3) is 0.481. The number of amides is 1. The normalized spacial score (nSPS) is 15.3. The van der Waals surface area contributed by atoms with Crippen molar-refractivity contribution in [2.24, 2.45) is 18.4 Å². The molecule has 1 aliphatic rings. The highest BCUT2D eigenvalue weighted by atomic mass is 35.5. The number of imidazole rings is 1. The maximum atomic E-state index is 12.2. The van der Waals surface area contributed by atoms with Gasteiger partial charge in [0.15, 0.2) is 0 Å². The molecule has 6 heteroatoms. The number of nitrogens with zero attached hydrogens (tertiary/aromatic N) is 3. The lowest BCUT2D eigenvalue weighted by Gasteiger charge is -2.32. The van der Waals surface area contributed by atoms with Crippen LogP contribution in [0.5, 0.6) is 0 Å². The Hall–Kier alpha value is -2.53. The van der Waals surface area contributed by atoms with Crippen LogP contribution in [0.3, 0.4) is 0 Å². The third-order valence-corrected chi connectivity index (χ3v) is 7.07. The molecule has 0 atom stereocenters. The van der Waals surface area contributed by atoms with Gasteiger partial charge < -0.3 is 14.8 Å². The van der Waals surface area contributed by atoms with E-state index >= 15 is 0 Å². The van der Waals surface area contributed by atoms with Gasteiger partial charge in [0.05, 0.1) is 11.0 Å². The minimum Gasteiger partial charge on any atom is -0.371 e. The Labute approximate surface area is 202 Å². The average Bonchev–Trinajstić information content (AvgIpc) is 3.08. The van der Waals surface area contributed by atoms with Gasteiger partial charge in [-0.1, -0.05) is 51.4 Å². The van der Waals surface area contributed by atoms with E-state index in [2.05, 4.69) is 53.0 Å². The van der Waals surface area contributed by atoms with Gasteiger partial charge in [-0.15, -0.1) is 0 Å². The molecule has 5 nitrogen and oxygen atoms in total. The summed E-state index contributed by atoms with van der Waals surface area (Å²) >= 11 is 6.54. The number of fused-ring (bicyclic) bond motifs is 1. The zero-order chi connectivity index (χ0) is 23.8. The maximum Gasteiger partial charge on any atom is 0.225 e. The van der Waals surface area contributed by atoms with Crippen LogP contribution in [-0.4, -0.2) is 28.5 Å². The smallest absolute Gasteiger partial charge is 0.225 e. The summed E-state index contributed by atoms with van der Waals surface area (Å²) in [6, 6.07) is 12.6. The molecule has 1 aliphatic heterocycles. The van der Waals surface area contributed by atoms with Crippen molar-refractivity contribution in [1.29, 1.82) is 0 Å². The summed E-state index contributed by atoms with van der Waals surface area (Å²) in [6.45, 7) is 10.8. The van der Waals surface area contributed by atoms with Crippen LogP contribution in [0.25, 0.3) is 11.0 Å². The summed E-state index contributed by atoms with van der Waals surface area (Å²) in [5.41, 5.74) is 5.05. The topological polar surface area (TPSA) is 50.2 Å². The Kier molecular flexibility index (Phi) is 6.71. The first-order chi connectivity index (χ1) is 15.6. The van der Waals surface area contributed by atoms with Crippen molar-refractivity contribution >= 4 is 34.2 Å². The van der Waals surface area contributed by atoms with Crippen LogP contribution >= 0.6 is 11.6 Å². The summed E-state index contributed by atoms with van der Waals surface area (Å²) in [7, 11) is 2.06. The predicted octanol–water partition coefficient (Wildman–Crippen LogP) is 5.72. The molecule has 2 heterocycles. The van der Waals surface area contributed by atoms with Crippen molar-refractivity contribution in [2.45, 2.75) is 53.5 Å². The van der Waals surface area contributed by atoms with Crippen molar-refractivity contribution in [1.82, 2.24) is 14.9 Å². The Balaban J connectivity index is 1.53. The molecule has 176 valence electrons. The van der Waals surface area contributed by atoms with Gasteiger partial charge in [0.2, 0.25) is 5.91 Å². The number of hydrogen-bond donors (Lipinski definition) is 1. The van der Waals surface area contributed by atoms with Gasteiger partial charge in [0.1, 0.15) is 5.82 Å². The highest BCUT2D eigenvalue weighted by Crippen LogP contribution is 2.28. The average molecular weight is 467 g/mol. The van der Waals surface area contributed by atoms with Gasteiger partial charge in [-0.2, -0.15) is 0 Å². The number of benzene rings is 2. The summed E-state index contributed by atoms with van der Waals surface area (Å²) in [4.78, 5) is 19.7. The fourth-order valence-corrected chi connectivity index (χ4v) is 4.54. The monoisotopic (exact) mass is 466 g/mol. The van der Waals surface area contributed by atoms with E-state index in [1.54, 1.807) is 0 Å². The molecule has 1 saturated heterocycles. The number of piperidine rings is 1. The van der Waals surface area contributed by atoms with Gasteiger partial charge in [-0.05, 0) is 54.2 Å². The van der Waals surface area contributed by atoms with Crippen molar-refractivity contribution in [3.05, 3.63) is 58.4 Å². The first kappa shape index (κ1) is 23.6. The number of nitrogens with one attached hydrogen (secondary N) is 1. The number of rotatable bonds is 5. The van der Waals surface area contributed by atoms with E-state index in [4.69, 9.17) is 16.6 Å². The molecule has 33 heavy (non-hydrogen) atoms. The molecule has 1 amide bonds.